The second kappa shape index (κ2) is 7.63. The zero-order valence-electron chi connectivity index (χ0n) is 14.6. The fourth-order valence-electron chi connectivity index (χ4n) is 3.55. The molecule has 0 unspecified atom stereocenters. The van der Waals surface area contributed by atoms with Crippen molar-refractivity contribution in [2.24, 2.45) is 0 Å². The Balaban J connectivity index is 1.74. The van der Waals surface area contributed by atoms with E-state index in [2.05, 4.69) is 4.98 Å². The molecule has 7 heteroatoms. The van der Waals surface area contributed by atoms with Gasteiger partial charge in [0.1, 0.15) is 13.1 Å². The summed E-state index contributed by atoms with van der Waals surface area (Å²) in [4.78, 5) is 45.2. The normalized spacial score (nSPS) is 18.8. The minimum absolute atomic E-state index is 0.0416. The summed E-state index contributed by atoms with van der Waals surface area (Å²) < 4.78 is 0. The highest BCUT2D eigenvalue weighted by molar-refractivity contribution is 6.04. The lowest BCUT2D eigenvalue weighted by Gasteiger charge is -2.35. The van der Waals surface area contributed by atoms with E-state index < -0.39 is 6.03 Å². The Labute approximate surface area is 147 Å². The molecule has 0 aromatic carbocycles. The van der Waals surface area contributed by atoms with Crippen LogP contribution in [-0.2, 0) is 16.1 Å². The number of pyridine rings is 1. The number of amides is 4. The molecule has 1 aromatic heterocycles. The molecule has 0 N–H and O–H groups in total. The number of nitrogens with zero attached hydrogens (tertiary/aromatic N) is 4. The van der Waals surface area contributed by atoms with Crippen molar-refractivity contribution >= 4 is 17.8 Å². The maximum Gasteiger partial charge on any atom is 0.327 e. The number of imide groups is 1. The summed E-state index contributed by atoms with van der Waals surface area (Å²) in [6.45, 7) is 0.349. The molecule has 2 heterocycles. The number of rotatable bonds is 5. The number of hydrogen-bond acceptors (Lipinski definition) is 4. The summed E-state index contributed by atoms with van der Waals surface area (Å²) >= 11 is 0. The van der Waals surface area contributed by atoms with Crippen LogP contribution in [0.2, 0.25) is 0 Å². The van der Waals surface area contributed by atoms with Gasteiger partial charge in [0.05, 0.1) is 0 Å². The SMILES string of the molecule is CN1CC(=O)N(CC(=O)N(Cc2ccncc2)C2CCCCC2)C1=O. The van der Waals surface area contributed by atoms with E-state index in [-0.39, 0.29) is 30.9 Å². The minimum atomic E-state index is -0.397. The number of carbonyl (C=O) groups excluding carboxylic acids is 3. The fourth-order valence-corrected chi connectivity index (χ4v) is 3.55. The number of likely N-dealkylation sites (N-methyl/N-ethyl adjacent to an activating group) is 1. The third-order valence-electron chi connectivity index (χ3n) is 4.96. The Bertz CT molecular complexity index is 643. The molecule has 0 spiro atoms. The van der Waals surface area contributed by atoms with E-state index in [1.54, 1.807) is 19.4 Å². The van der Waals surface area contributed by atoms with Crippen molar-refractivity contribution in [2.45, 2.75) is 44.7 Å². The number of carbonyl (C=O) groups is 3. The fraction of sp³-hybridized carbons (Fsp3) is 0.556. The van der Waals surface area contributed by atoms with Crippen molar-refractivity contribution in [1.82, 2.24) is 19.7 Å². The molecule has 1 aromatic rings. The number of urea groups is 1. The first kappa shape index (κ1) is 17.4. The van der Waals surface area contributed by atoms with Crippen LogP contribution in [0.3, 0.4) is 0 Å². The summed E-state index contributed by atoms with van der Waals surface area (Å²) in [6, 6.07) is 3.55. The Hall–Kier alpha value is -2.44. The van der Waals surface area contributed by atoms with Crippen LogP contribution < -0.4 is 0 Å². The standard InChI is InChI=1S/C18H24N4O3/c1-20-12-16(23)22(18(20)25)13-17(24)21(15-5-3-2-4-6-15)11-14-7-9-19-10-8-14/h7-10,15H,2-6,11-13H2,1H3. The van der Waals surface area contributed by atoms with Crippen molar-refractivity contribution in [1.29, 1.82) is 0 Å². The van der Waals surface area contributed by atoms with Gasteiger partial charge in [0.2, 0.25) is 5.91 Å². The molecule has 2 aliphatic rings. The molecule has 2 fully saturated rings. The van der Waals surface area contributed by atoms with Gasteiger partial charge >= 0.3 is 6.03 Å². The van der Waals surface area contributed by atoms with E-state index in [1.807, 2.05) is 17.0 Å². The smallest absolute Gasteiger partial charge is 0.327 e. The quantitative estimate of drug-likeness (QED) is 0.761. The first-order chi connectivity index (χ1) is 12.1. The highest BCUT2D eigenvalue weighted by Crippen LogP contribution is 2.24. The van der Waals surface area contributed by atoms with Crippen LogP contribution in [0, 0.1) is 0 Å². The third kappa shape index (κ3) is 3.97. The number of aromatic nitrogens is 1. The van der Waals surface area contributed by atoms with Gasteiger partial charge in [-0.2, -0.15) is 0 Å². The molecule has 3 rings (SSSR count). The maximum absolute atomic E-state index is 12.9. The van der Waals surface area contributed by atoms with E-state index in [1.165, 1.54) is 11.3 Å². The van der Waals surface area contributed by atoms with Gasteiger partial charge in [0.15, 0.2) is 0 Å². The Morgan fingerprint density at radius 1 is 1.20 bits per heavy atom. The third-order valence-corrected chi connectivity index (χ3v) is 4.96. The van der Waals surface area contributed by atoms with Gasteiger partial charge < -0.3 is 9.80 Å². The topological polar surface area (TPSA) is 73.8 Å². The van der Waals surface area contributed by atoms with Crippen LogP contribution in [0.1, 0.15) is 37.7 Å². The highest BCUT2D eigenvalue weighted by atomic mass is 16.2. The lowest BCUT2D eigenvalue weighted by Crippen LogP contribution is -2.47. The van der Waals surface area contributed by atoms with E-state index in [4.69, 9.17) is 0 Å². The Kier molecular flexibility index (Phi) is 5.31. The largest absolute Gasteiger partial charge is 0.334 e. The van der Waals surface area contributed by atoms with Gasteiger partial charge in [-0.05, 0) is 30.5 Å². The molecule has 1 aliphatic heterocycles. The molecule has 4 amide bonds. The summed E-state index contributed by atoms with van der Waals surface area (Å²) in [6.07, 6.45) is 8.77. The second-order valence-electron chi connectivity index (χ2n) is 6.79. The van der Waals surface area contributed by atoms with Gasteiger partial charge in [-0.1, -0.05) is 19.3 Å². The maximum atomic E-state index is 12.9. The molecule has 0 bridgehead atoms. The average molecular weight is 344 g/mol. The van der Waals surface area contributed by atoms with Gasteiger partial charge in [0, 0.05) is 32.0 Å². The van der Waals surface area contributed by atoms with E-state index >= 15 is 0 Å². The number of hydrogen-bond donors (Lipinski definition) is 0. The van der Waals surface area contributed by atoms with Crippen molar-refractivity contribution in [2.75, 3.05) is 20.1 Å². The molecule has 0 atom stereocenters. The van der Waals surface area contributed by atoms with Crippen molar-refractivity contribution in [3.8, 4) is 0 Å². The molecule has 7 nitrogen and oxygen atoms in total. The van der Waals surface area contributed by atoms with Gasteiger partial charge in [-0.15, -0.1) is 0 Å². The van der Waals surface area contributed by atoms with Crippen molar-refractivity contribution in [3.05, 3.63) is 30.1 Å². The molecular weight excluding hydrogens is 320 g/mol. The first-order valence-corrected chi connectivity index (χ1v) is 8.80. The molecule has 1 saturated heterocycles. The lowest BCUT2D eigenvalue weighted by molar-refractivity contribution is -0.139. The van der Waals surface area contributed by atoms with Crippen LogP contribution in [0.5, 0.6) is 0 Å². The first-order valence-electron chi connectivity index (χ1n) is 8.80. The van der Waals surface area contributed by atoms with Crippen LogP contribution in [0.25, 0.3) is 0 Å². The molecule has 1 aliphatic carbocycles. The molecule has 134 valence electrons. The van der Waals surface area contributed by atoms with Crippen LogP contribution in [0.4, 0.5) is 4.79 Å². The summed E-state index contributed by atoms with van der Waals surface area (Å²) in [5.74, 6) is -0.478. The summed E-state index contributed by atoms with van der Waals surface area (Å²) in [5.41, 5.74) is 1.00. The van der Waals surface area contributed by atoms with Gasteiger partial charge in [-0.3, -0.25) is 19.5 Å². The lowest BCUT2D eigenvalue weighted by atomic mass is 9.93. The van der Waals surface area contributed by atoms with Gasteiger partial charge in [0.25, 0.3) is 5.91 Å². The van der Waals surface area contributed by atoms with Crippen LogP contribution in [-0.4, -0.2) is 63.7 Å². The summed E-state index contributed by atoms with van der Waals surface area (Å²) in [5, 5.41) is 0. The van der Waals surface area contributed by atoms with Gasteiger partial charge in [-0.25, -0.2) is 4.79 Å². The van der Waals surface area contributed by atoms with Crippen molar-refractivity contribution in [3.63, 3.8) is 0 Å². The van der Waals surface area contributed by atoms with E-state index in [0.29, 0.717) is 6.54 Å². The predicted octanol–water partition coefficient (Wildman–Crippen LogP) is 1.64. The highest BCUT2D eigenvalue weighted by Gasteiger charge is 2.37. The molecular formula is C18H24N4O3. The molecule has 25 heavy (non-hydrogen) atoms. The average Bonchev–Trinajstić information content (AvgIpc) is 2.87. The minimum Gasteiger partial charge on any atom is -0.334 e. The summed E-state index contributed by atoms with van der Waals surface area (Å²) in [7, 11) is 1.57. The molecule has 0 radical (unpaired) electrons. The monoisotopic (exact) mass is 344 g/mol. The molecule has 1 saturated carbocycles. The zero-order chi connectivity index (χ0) is 17.8. The van der Waals surface area contributed by atoms with Crippen molar-refractivity contribution < 1.29 is 14.4 Å². The van der Waals surface area contributed by atoms with E-state index in [9.17, 15) is 14.4 Å². The Morgan fingerprint density at radius 2 is 1.88 bits per heavy atom. The van der Waals surface area contributed by atoms with Crippen LogP contribution >= 0.6 is 0 Å². The zero-order valence-corrected chi connectivity index (χ0v) is 14.6. The van der Waals surface area contributed by atoms with Crippen LogP contribution in [0.15, 0.2) is 24.5 Å². The Morgan fingerprint density at radius 3 is 2.48 bits per heavy atom. The van der Waals surface area contributed by atoms with E-state index in [0.717, 1.165) is 36.1 Å². The second-order valence-corrected chi connectivity index (χ2v) is 6.79. The predicted molar refractivity (Wildman–Crippen MR) is 91.4 cm³/mol.